The third-order valence-electron chi connectivity index (χ3n) is 2.64. The van der Waals surface area contributed by atoms with Gasteiger partial charge in [0.1, 0.15) is 5.82 Å². The lowest BCUT2D eigenvalue weighted by Crippen LogP contribution is -2.35. The zero-order valence-corrected chi connectivity index (χ0v) is 10.2. The Kier molecular flexibility index (Phi) is 4.28. The average Bonchev–Trinajstić information content (AvgIpc) is 2.82. The van der Waals surface area contributed by atoms with E-state index >= 15 is 0 Å². The number of thiocarbonyl (C=S) groups is 1. The zero-order chi connectivity index (χ0) is 12.1. The fourth-order valence-electron chi connectivity index (χ4n) is 1.74. The number of nitrogens with one attached hydrogen (secondary N) is 2. The maximum absolute atomic E-state index is 13.3. The lowest BCUT2D eigenvalue weighted by Gasteiger charge is -2.14. The molecule has 5 heteroatoms. The van der Waals surface area contributed by atoms with Gasteiger partial charge in [0.2, 0.25) is 0 Å². The van der Waals surface area contributed by atoms with Crippen LogP contribution in [0.15, 0.2) is 24.3 Å². The largest absolute Gasteiger partial charge is 0.376 e. The Bertz CT molecular complexity index is 394. The summed E-state index contributed by atoms with van der Waals surface area (Å²) < 4.78 is 18.8. The summed E-state index contributed by atoms with van der Waals surface area (Å²) in [5.74, 6) is -0.311. The second-order valence-corrected chi connectivity index (χ2v) is 4.36. The highest BCUT2D eigenvalue weighted by atomic mass is 32.1. The minimum absolute atomic E-state index is 0.218. The molecule has 1 saturated heterocycles. The van der Waals surface area contributed by atoms with Crippen LogP contribution in [0.1, 0.15) is 12.8 Å². The number of rotatable bonds is 3. The quantitative estimate of drug-likeness (QED) is 0.811. The van der Waals surface area contributed by atoms with Gasteiger partial charge in [-0.05, 0) is 37.2 Å². The van der Waals surface area contributed by atoms with Crippen molar-refractivity contribution in [2.24, 2.45) is 0 Å². The molecule has 0 radical (unpaired) electrons. The number of benzene rings is 1. The molecule has 1 aromatic carbocycles. The number of ether oxygens (including phenoxy) is 1. The molecular weight excluding hydrogens is 239 g/mol. The van der Waals surface area contributed by atoms with Crippen LogP contribution >= 0.6 is 12.2 Å². The summed E-state index contributed by atoms with van der Waals surface area (Å²) in [7, 11) is 0. The highest BCUT2D eigenvalue weighted by molar-refractivity contribution is 7.80. The highest BCUT2D eigenvalue weighted by Gasteiger charge is 2.15. The van der Waals surface area contributed by atoms with Gasteiger partial charge in [-0.2, -0.15) is 0 Å². The van der Waals surface area contributed by atoms with Crippen LogP contribution in [0, 0.1) is 5.82 Å². The molecule has 1 aliphatic rings. The van der Waals surface area contributed by atoms with Crippen LogP contribution in [0.4, 0.5) is 10.1 Å². The third-order valence-corrected chi connectivity index (χ3v) is 2.88. The summed E-state index contributed by atoms with van der Waals surface area (Å²) in [5.41, 5.74) is 0.386. The smallest absolute Gasteiger partial charge is 0.170 e. The van der Waals surface area contributed by atoms with E-state index in [1.807, 2.05) is 0 Å². The predicted octanol–water partition coefficient (Wildman–Crippen LogP) is 2.29. The number of hydrogen-bond donors (Lipinski definition) is 2. The third kappa shape index (κ3) is 3.64. The first kappa shape index (κ1) is 12.3. The molecule has 1 fully saturated rings. The monoisotopic (exact) mass is 254 g/mol. The van der Waals surface area contributed by atoms with E-state index in [1.54, 1.807) is 18.2 Å². The summed E-state index contributed by atoms with van der Waals surface area (Å²) in [5, 5.41) is 6.27. The average molecular weight is 254 g/mol. The first-order chi connectivity index (χ1) is 8.25. The normalized spacial score (nSPS) is 19.0. The van der Waals surface area contributed by atoms with E-state index in [9.17, 15) is 4.39 Å². The van der Waals surface area contributed by atoms with Gasteiger partial charge < -0.3 is 15.4 Å². The fourth-order valence-corrected chi connectivity index (χ4v) is 1.93. The van der Waals surface area contributed by atoms with Gasteiger partial charge in [0.05, 0.1) is 11.8 Å². The van der Waals surface area contributed by atoms with Crippen molar-refractivity contribution in [3.63, 3.8) is 0 Å². The molecular formula is C12H15FN2OS. The van der Waals surface area contributed by atoms with Crippen LogP contribution in [0.5, 0.6) is 0 Å². The van der Waals surface area contributed by atoms with Gasteiger partial charge in [-0.1, -0.05) is 12.1 Å². The van der Waals surface area contributed by atoms with E-state index in [4.69, 9.17) is 17.0 Å². The maximum atomic E-state index is 13.3. The van der Waals surface area contributed by atoms with Crippen molar-refractivity contribution in [3.8, 4) is 0 Å². The molecule has 17 heavy (non-hydrogen) atoms. The second-order valence-electron chi connectivity index (χ2n) is 3.95. The Morgan fingerprint density at radius 2 is 2.29 bits per heavy atom. The van der Waals surface area contributed by atoms with Crippen molar-refractivity contribution in [1.82, 2.24) is 5.32 Å². The Hall–Kier alpha value is -1.20. The van der Waals surface area contributed by atoms with Crippen molar-refractivity contribution >= 4 is 23.0 Å². The van der Waals surface area contributed by atoms with Crippen LogP contribution in [-0.4, -0.2) is 24.4 Å². The van der Waals surface area contributed by atoms with Crippen LogP contribution in [0.2, 0.25) is 0 Å². The maximum Gasteiger partial charge on any atom is 0.170 e. The molecule has 0 bridgehead atoms. The number of para-hydroxylation sites is 1. The standard InChI is InChI=1S/C12H15FN2OS/c13-10-5-1-2-6-11(10)15-12(17)14-8-9-4-3-7-16-9/h1-2,5-6,9H,3-4,7-8H2,(H2,14,15,17). The van der Waals surface area contributed by atoms with Gasteiger partial charge in [-0.15, -0.1) is 0 Å². The molecule has 92 valence electrons. The topological polar surface area (TPSA) is 33.3 Å². The molecule has 1 heterocycles. The lowest BCUT2D eigenvalue weighted by atomic mass is 10.2. The van der Waals surface area contributed by atoms with Gasteiger partial charge in [0.15, 0.2) is 5.11 Å². The highest BCUT2D eigenvalue weighted by Crippen LogP contribution is 2.13. The van der Waals surface area contributed by atoms with Crippen LogP contribution < -0.4 is 10.6 Å². The van der Waals surface area contributed by atoms with Crippen LogP contribution in [0.3, 0.4) is 0 Å². The van der Waals surface area contributed by atoms with E-state index in [0.29, 0.717) is 17.3 Å². The van der Waals surface area contributed by atoms with Gasteiger partial charge in [0, 0.05) is 13.2 Å². The van der Waals surface area contributed by atoms with Gasteiger partial charge >= 0.3 is 0 Å². The van der Waals surface area contributed by atoms with E-state index in [-0.39, 0.29) is 11.9 Å². The van der Waals surface area contributed by atoms with Gasteiger partial charge in [0.25, 0.3) is 0 Å². The molecule has 0 saturated carbocycles. The molecule has 2 N–H and O–H groups in total. The molecule has 0 amide bonds. The SMILES string of the molecule is Fc1ccccc1NC(=S)NCC1CCCO1. The molecule has 0 aliphatic carbocycles. The van der Waals surface area contributed by atoms with E-state index in [2.05, 4.69) is 10.6 Å². The Labute approximate surface area is 105 Å². The predicted molar refractivity (Wildman–Crippen MR) is 69.6 cm³/mol. The van der Waals surface area contributed by atoms with Crippen LogP contribution in [-0.2, 0) is 4.74 Å². The fraction of sp³-hybridized carbons (Fsp3) is 0.417. The molecule has 1 unspecified atom stereocenters. The molecule has 2 rings (SSSR count). The van der Waals surface area contributed by atoms with Crippen molar-refractivity contribution in [2.45, 2.75) is 18.9 Å². The van der Waals surface area contributed by atoms with Crippen molar-refractivity contribution in [1.29, 1.82) is 0 Å². The molecule has 0 spiro atoms. The molecule has 1 atom stereocenters. The molecule has 1 aromatic rings. The summed E-state index contributed by atoms with van der Waals surface area (Å²) in [6, 6.07) is 6.44. The van der Waals surface area contributed by atoms with Crippen molar-refractivity contribution in [3.05, 3.63) is 30.1 Å². The first-order valence-electron chi connectivity index (χ1n) is 5.66. The molecule has 1 aliphatic heterocycles. The van der Waals surface area contributed by atoms with E-state index < -0.39 is 0 Å². The first-order valence-corrected chi connectivity index (χ1v) is 6.07. The van der Waals surface area contributed by atoms with Gasteiger partial charge in [-0.3, -0.25) is 0 Å². The number of halogens is 1. The van der Waals surface area contributed by atoms with E-state index in [1.165, 1.54) is 6.07 Å². The molecule has 3 nitrogen and oxygen atoms in total. The summed E-state index contributed by atoms with van der Waals surface area (Å²) >= 11 is 5.09. The Morgan fingerprint density at radius 3 is 3.00 bits per heavy atom. The summed E-state index contributed by atoms with van der Waals surface area (Å²) in [4.78, 5) is 0. The van der Waals surface area contributed by atoms with E-state index in [0.717, 1.165) is 19.4 Å². The van der Waals surface area contributed by atoms with Crippen molar-refractivity contribution < 1.29 is 9.13 Å². The minimum Gasteiger partial charge on any atom is -0.376 e. The lowest BCUT2D eigenvalue weighted by molar-refractivity contribution is 0.114. The minimum atomic E-state index is -0.311. The van der Waals surface area contributed by atoms with Gasteiger partial charge in [-0.25, -0.2) is 4.39 Å². The zero-order valence-electron chi connectivity index (χ0n) is 9.41. The Morgan fingerprint density at radius 1 is 1.47 bits per heavy atom. The summed E-state index contributed by atoms with van der Waals surface area (Å²) in [6.07, 6.45) is 2.37. The second kappa shape index (κ2) is 5.93. The number of hydrogen-bond acceptors (Lipinski definition) is 2. The van der Waals surface area contributed by atoms with Crippen molar-refractivity contribution in [2.75, 3.05) is 18.5 Å². The number of anilines is 1. The Balaban J connectivity index is 1.79. The van der Waals surface area contributed by atoms with Crippen LogP contribution in [0.25, 0.3) is 0 Å². The summed E-state index contributed by atoms with van der Waals surface area (Å²) in [6.45, 7) is 1.49. The molecule has 0 aromatic heterocycles.